The van der Waals surface area contributed by atoms with E-state index in [-0.39, 0.29) is 29.6 Å². The number of Topliss-reactive ketones (excluding diaryl/α,β-unsaturated/α-hetero) is 1. The minimum absolute atomic E-state index is 0.0467. The van der Waals surface area contributed by atoms with Crippen molar-refractivity contribution in [1.29, 1.82) is 0 Å². The highest BCUT2D eigenvalue weighted by atomic mass is 32.2. The highest BCUT2D eigenvalue weighted by Crippen LogP contribution is 2.18. The van der Waals surface area contributed by atoms with Crippen LogP contribution >= 0.6 is 11.8 Å². The first-order chi connectivity index (χ1) is 10.4. The van der Waals surface area contributed by atoms with E-state index in [1.54, 1.807) is 24.3 Å². The number of aliphatic hydroxyl groups excluding tert-OH is 1. The number of ketones is 1. The van der Waals surface area contributed by atoms with Crippen molar-refractivity contribution < 1.29 is 19.5 Å². The predicted molar refractivity (Wildman–Crippen MR) is 85.3 cm³/mol. The maximum Gasteiger partial charge on any atom is 0.273 e. The molecule has 1 aliphatic heterocycles. The summed E-state index contributed by atoms with van der Waals surface area (Å²) in [6.45, 7) is 1.41. The molecule has 6 nitrogen and oxygen atoms in total. The summed E-state index contributed by atoms with van der Waals surface area (Å²) in [5, 5.41) is 12.4. The number of carbonyl (C=O) groups excluding carboxylic acids is 3. The minimum Gasteiger partial charge on any atom is -0.512 e. The average Bonchev–Trinajstić information content (AvgIpc) is 2.44. The Morgan fingerprint density at radius 3 is 2.59 bits per heavy atom. The fraction of sp³-hybridized carbons (Fsp3) is 0.200. The Hall–Kier alpha value is -2.41. The summed E-state index contributed by atoms with van der Waals surface area (Å²) < 4.78 is 0. The first-order valence-electron chi connectivity index (χ1n) is 6.49. The van der Waals surface area contributed by atoms with Gasteiger partial charge in [0.1, 0.15) is 5.76 Å². The Morgan fingerprint density at radius 1 is 1.32 bits per heavy atom. The molecule has 2 rings (SSSR count). The number of carbonyl (C=O) groups is 3. The van der Waals surface area contributed by atoms with Gasteiger partial charge in [-0.1, -0.05) is 0 Å². The molecule has 7 heteroatoms. The molecule has 0 spiro atoms. The van der Waals surface area contributed by atoms with Gasteiger partial charge in [0.15, 0.2) is 5.78 Å². The third-order valence-corrected chi connectivity index (χ3v) is 3.73. The molecule has 0 radical (unpaired) electrons. The van der Waals surface area contributed by atoms with E-state index in [0.717, 1.165) is 17.8 Å². The lowest BCUT2D eigenvalue weighted by molar-refractivity contribution is -0.114. The molecule has 114 valence electrons. The Kier molecular flexibility index (Phi) is 5.11. The van der Waals surface area contributed by atoms with Gasteiger partial charge >= 0.3 is 0 Å². The van der Waals surface area contributed by atoms with Crippen LogP contribution in [-0.2, 0) is 9.59 Å². The highest BCUT2D eigenvalue weighted by molar-refractivity contribution is 8.14. The minimum atomic E-state index is -0.515. The summed E-state index contributed by atoms with van der Waals surface area (Å²) in [4.78, 5) is 37.9. The van der Waals surface area contributed by atoms with Crippen LogP contribution in [0.2, 0.25) is 0 Å². The summed E-state index contributed by atoms with van der Waals surface area (Å²) >= 11 is 1.13. The number of aliphatic hydroxyl groups is 1. The number of hydrogen-bond donors (Lipinski definition) is 2. The fourth-order valence-electron chi connectivity index (χ4n) is 1.80. The Bertz CT molecular complexity index is 677. The number of amides is 2. The number of rotatable bonds is 4. The van der Waals surface area contributed by atoms with Crippen LogP contribution in [0.4, 0.5) is 5.69 Å². The maximum atomic E-state index is 12.1. The van der Waals surface area contributed by atoms with E-state index >= 15 is 0 Å². The summed E-state index contributed by atoms with van der Waals surface area (Å²) in [6.07, 6.45) is 1.23. The van der Waals surface area contributed by atoms with Crippen LogP contribution in [0.3, 0.4) is 0 Å². The molecule has 0 saturated carbocycles. The highest BCUT2D eigenvalue weighted by Gasteiger charge is 2.15. The average molecular weight is 318 g/mol. The molecule has 0 aromatic heterocycles. The van der Waals surface area contributed by atoms with Gasteiger partial charge in [-0.3, -0.25) is 14.4 Å². The summed E-state index contributed by atoms with van der Waals surface area (Å²) in [5.41, 5.74) is 1.12. The van der Waals surface area contributed by atoms with Crippen molar-refractivity contribution in [1.82, 2.24) is 0 Å². The second-order valence-corrected chi connectivity index (χ2v) is 5.68. The third-order valence-electron chi connectivity index (χ3n) is 2.75. The quantitative estimate of drug-likeness (QED) is 0.831. The van der Waals surface area contributed by atoms with E-state index in [2.05, 4.69) is 10.3 Å². The Labute approximate surface area is 131 Å². The first kappa shape index (κ1) is 16.0. The molecule has 0 atom stereocenters. The van der Waals surface area contributed by atoms with Crippen molar-refractivity contribution in [3.63, 3.8) is 0 Å². The smallest absolute Gasteiger partial charge is 0.273 e. The van der Waals surface area contributed by atoms with Crippen LogP contribution in [-0.4, -0.2) is 33.5 Å². The normalized spacial score (nSPS) is 14.1. The summed E-state index contributed by atoms with van der Waals surface area (Å²) in [6, 6.07) is 6.55. The number of thioether (sulfide) groups is 1. The van der Waals surface area contributed by atoms with E-state index in [9.17, 15) is 19.5 Å². The molecule has 1 aromatic rings. The zero-order valence-electron chi connectivity index (χ0n) is 11.8. The van der Waals surface area contributed by atoms with Crippen molar-refractivity contribution in [2.75, 3.05) is 11.1 Å². The van der Waals surface area contributed by atoms with Gasteiger partial charge in [0, 0.05) is 24.3 Å². The second kappa shape index (κ2) is 7.04. The van der Waals surface area contributed by atoms with E-state index in [4.69, 9.17) is 0 Å². The number of hydrogen-bond acceptors (Lipinski definition) is 5. The van der Waals surface area contributed by atoms with E-state index < -0.39 is 5.91 Å². The van der Waals surface area contributed by atoms with Crippen molar-refractivity contribution in [3.8, 4) is 0 Å². The number of allylic oxidation sites excluding steroid dienone is 1. The van der Waals surface area contributed by atoms with Gasteiger partial charge in [-0.2, -0.15) is 0 Å². The number of aliphatic imine (C=N–C) groups is 1. The molecule has 2 amide bonds. The monoisotopic (exact) mass is 318 g/mol. The first-order valence-corrected chi connectivity index (χ1v) is 7.47. The van der Waals surface area contributed by atoms with Crippen molar-refractivity contribution >= 4 is 40.1 Å². The van der Waals surface area contributed by atoms with Gasteiger partial charge in [0.2, 0.25) is 5.91 Å². The van der Waals surface area contributed by atoms with Crippen LogP contribution in [0.25, 0.3) is 0 Å². The van der Waals surface area contributed by atoms with Crippen LogP contribution in [0, 0.1) is 0 Å². The van der Waals surface area contributed by atoms with Crippen LogP contribution in [0.5, 0.6) is 0 Å². The van der Waals surface area contributed by atoms with Gasteiger partial charge < -0.3 is 10.4 Å². The number of nitrogens with one attached hydrogen (secondary N) is 1. The lowest BCUT2D eigenvalue weighted by Crippen LogP contribution is -2.11. The van der Waals surface area contributed by atoms with Crippen LogP contribution < -0.4 is 5.32 Å². The van der Waals surface area contributed by atoms with E-state index in [0.29, 0.717) is 16.3 Å². The lowest BCUT2D eigenvalue weighted by Gasteiger charge is -2.08. The maximum absolute atomic E-state index is 12.1. The van der Waals surface area contributed by atoms with Crippen molar-refractivity contribution in [2.24, 2.45) is 4.99 Å². The van der Waals surface area contributed by atoms with Crippen molar-refractivity contribution in [3.05, 3.63) is 41.7 Å². The van der Waals surface area contributed by atoms with Gasteiger partial charge in [0.05, 0.1) is 17.2 Å². The molecule has 0 aliphatic carbocycles. The largest absolute Gasteiger partial charge is 0.512 e. The molecular formula is C15H14N2O4S. The van der Waals surface area contributed by atoms with Crippen LogP contribution in [0.15, 0.2) is 41.1 Å². The van der Waals surface area contributed by atoms with Gasteiger partial charge in [-0.05, 0) is 24.3 Å². The molecule has 0 unspecified atom stereocenters. The van der Waals surface area contributed by atoms with Gasteiger partial charge in [0.25, 0.3) is 5.91 Å². The zero-order chi connectivity index (χ0) is 16.1. The van der Waals surface area contributed by atoms with Gasteiger partial charge in [-0.25, -0.2) is 4.99 Å². The third kappa shape index (κ3) is 4.56. The van der Waals surface area contributed by atoms with E-state index in [1.165, 1.54) is 6.92 Å². The van der Waals surface area contributed by atoms with Gasteiger partial charge in [-0.15, -0.1) is 11.8 Å². The molecule has 0 saturated heterocycles. The topological polar surface area (TPSA) is 95.8 Å². The summed E-state index contributed by atoms with van der Waals surface area (Å²) in [5.74, 6) is -0.738. The molecule has 1 heterocycles. The Balaban J connectivity index is 1.92. The molecule has 22 heavy (non-hydrogen) atoms. The van der Waals surface area contributed by atoms with Crippen LogP contribution in [0.1, 0.15) is 23.7 Å². The molecule has 0 bridgehead atoms. The molecular weight excluding hydrogens is 304 g/mol. The van der Waals surface area contributed by atoms with Crippen molar-refractivity contribution in [2.45, 2.75) is 13.3 Å². The molecule has 2 N–H and O–H groups in total. The molecule has 1 aromatic carbocycles. The number of benzene rings is 1. The fourth-order valence-corrected chi connectivity index (χ4v) is 2.67. The predicted octanol–water partition coefficient (Wildman–Crippen LogP) is 2.33. The Morgan fingerprint density at radius 2 is 2.00 bits per heavy atom. The number of dihydropyridines is 1. The van der Waals surface area contributed by atoms with E-state index in [1.807, 2.05) is 0 Å². The zero-order valence-corrected chi connectivity index (χ0v) is 12.6. The molecule has 0 fully saturated rings. The standard InChI is InChI=1S/C15H14N2O4S/c1-9(18)16-11-4-2-10(3-5-11)13(20)8-22-15-7-12(19)6-14(21)17-15/h2-6,19H,7-8H2,1H3,(H,16,18). The number of nitrogens with zero attached hydrogens (tertiary/aromatic N) is 1. The molecule has 1 aliphatic rings. The SMILES string of the molecule is CC(=O)Nc1ccc(C(=O)CSC2=NC(=O)C=C(O)C2)cc1. The summed E-state index contributed by atoms with van der Waals surface area (Å²) in [7, 11) is 0. The second-order valence-electron chi connectivity index (χ2n) is 4.63. The number of anilines is 1. The lowest BCUT2D eigenvalue weighted by atomic mass is 10.1.